The zero-order valence-electron chi connectivity index (χ0n) is 16.4. The van der Waals surface area contributed by atoms with Gasteiger partial charge < -0.3 is 14.5 Å². The minimum Gasteiger partial charge on any atom is -0.466 e. The van der Waals surface area contributed by atoms with Gasteiger partial charge in [-0.25, -0.2) is 17.9 Å². The van der Waals surface area contributed by atoms with Crippen LogP contribution in [0.5, 0.6) is 0 Å². The van der Waals surface area contributed by atoms with E-state index in [0.717, 1.165) is 0 Å². The average Bonchev–Trinajstić information content (AvgIpc) is 2.92. The van der Waals surface area contributed by atoms with Crippen LogP contribution in [0.15, 0.2) is 39.6 Å². The lowest BCUT2D eigenvalue weighted by Gasteiger charge is -2.14. The summed E-state index contributed by atoms with van der Waals surface area (Å²) < 4.78 is 37.1. The first kappa shape index (κ1) is 21.6. The van der Waals surface area contributed by atoms with Crippen molar-refractivity contribution in [2.45, 2.75) is 51.7 Å². The van der Waals surface area contributed by atoms with Gasteiger partial charge in [-0.05, 0) is 65.0 Å². The summed E-state index contributed by atoms with van der Waals surface area (Å²) in [7, 11) is -3.61. The highest BCUT2D eigenvalue weighted by atomic mass is 32.2. The van der Waals surface area contributed by atoms with Crippen molar-refractivity contribution < 1.29 is 27.2 Å². The largest absolute Gasteiger partial charge is 0.466 e. The van der Waals surface area contributed by atoms with Crippen LogP contribution in [0, 0.1) is 13.8 Å². The summed E-state index contributed by atoms with van der Waals surface area (Å²) in [6.45, 7) is 8.24. The van der Waals surface area contributed by atoms with Crippen molar-refractivity contribution in [3.8, 4) is 0 Å². The van der Waals surface area contributed by atoms with Gasteiger partial charge in [0.05, 0.1) is 4.90 Å². The third-order valence-electron chi connectivity index (χ3n) is 3.74. The molecule has 1 amide bonds. The Morgan fingerprint density at radius 3 is 2.18 bits per heavy atom. The number of hydrogen-bond acceptors (Lipinski definition) is 6. The van der Waals surface area contributed by atoms with Crippen LogP contribution >= 0.6 is 0 Å². The summed E-state index contributed by atoms with van der Waals surface area (Å²) >= 11 is 0. The van der Waals surface area contributed by atoms with Gasteiger partial charge in [-0.1, -0.05) is 0 Å². The van der Waals surface area contributed by atoms with Gasteiger partial charge >= 0.3 is 5.97 Å². The maximum Gasteiger partial charge on any atom is 0.342 e. The highest BCUT2D eigenvalue weighted by molar-refractivity contribution is 7.89. The molecule has 0 saturated carbocycles. The molecule has 0 unspecified atom stereocenters. The number of hydrogen-bond donors (Lipinski definition) is 2. The minimum atomic E-state index is -3.61. The van der Waals surface area contributed by atoms with Crippen molar-refractivity contribution in [3.63, 3.8) is 0 Å². The molecular weight excluding hydrogens is 384 g/mol. The predicted molar refractivity (Wildman–Crippen MR) is 104 cm³/mol. The number of nitrogens with one attached hydrogen (secondary N) is 2. The first-order chi connectivity index (χ1) is 13.0. The number of sulfonamides is 1. The third-order valence-corrected chi connectivity index (χ3v) is 5.41. The molecule has 0 aliphatic carbocycles. The predicted octanol–water partition coefficient (Wildman–Crippen LogP) is 2.77. The molecule has 2 N–H and O–H groups in total. The Balaban J connectivity index is 2.00. The second-order valence-corrected chi connectivity index (χ2v) is 8.38. The van der Waals surface area contributed by atoms with Crippen molar-refractivity contribution >= 4 is 27.6 Å². The molecule has 0 radical (unpaired) electrons. The van der Waals surface area contributed by atoms with Gasteiger partial charge in [0.15, 0.2) is 6.10 Å². The van der Waals surface area contributed by atoms with E-state index < -0.39 is 28.0 Å². The normalized spacial score (nSPS) is 12.6. The highest BCUT2D eigenvalue weighted by Gasteiger charge is 2.22. The molecule has 8 nitrogen and oxygen atoms in total. The van der Waals surface area contributed by atoms with E-state index in [9.17, 15) is 18.0 Å². The lowest BCUT2D eigenvalue weighted by Crippen LogP contribution is -2.30. The number of carbonyl (C=O) groups excluding carboxylic acids is 2. The number of amides is 1. The van der Waals surface area contributed by atoms with Crippen LogP contribution in [-0.2, 0) is 19.6 Å². The minimum absolute atomic E-state index is 0.0875. The number of furan rings is 1. The van der Waals surface area contributed by atoms with Crippen molar-refractivity contribution in [2.75, 3.05) is 5.32 Å². The molecule has 2 rings (SSSR count). The Morgan fingerprint density at radius 2 is 1.68 bits per heavy atom. The first-order valence-corrected chi connectivity index (χ1v) is 10.2. The van der Waals surface area contributed by atoms with Crippen molar-refractivity contribution in [2.24, 2.45) is 0 Å². The smallest absolute Gasteiger partial charge is 0.342 e. The van der Waals surface area contributed by atoms with E-state index in [1.165, 1.54) is 31.2 Å². The fourth-order valence-corrected chi connectivity index (χ4v) is 3.70. The quantitative estimate of drug-likeness (QED) is 0.681. The van der Waals surface area contributed by atoms with Crippen LogP contribution in [-0.4, -0.2) is 32.4 Å². The van der Waals surface area contributed by atoms with Crippen LogP contribution in [0.25, 0.3) is 0 Å². The second kappa shape index (κ2) is 8.57. The molecule has 1 aromatic carbocycles. The Labute approximate surface area is 164 Å². The molecule has 0 bridgehead atoms. The molecule has 152 valence electrons. The Hall–Kier alpha value is -2.65. The van der Waals surface area contributed by atoms with E-state index in [0.29, 0.717) is 17.2 Å². The average molecular weight is 408 g/mol. The van der Waals surface area contributed by atoms with Crippen LogP contribution in [0.1, 0.15) is 42.6 Å². The van der Waals surface area contributed by atoms with E-state index in [1.54, 1.807) is 33.8 Å². The van der Waals surface area contributed by atoms with Crippen molar-refractivity contribution in [1.29, 1.82) is 0 Å². The zero-order chi connectivity index (χ0) is 21.1. The lowest BCUT2D eigenvalue weighted by molar-refractivity contribution is -0.123. The molecule has 2 aromatic rings. The molecule has 9 heteroatoms. The number of carbonyl (C=O) groups is 2. The molecule has 0 aliphatic rings. The summed E-state index contributed by atoms with van der Waals surface area (Å²) in [5, 5.41) is 2.58. The van der Waals surface area contributed by atoms with E-state index in [4.69, 9.17) is 9.15 Å². The number of rotatable bonds is 7. The van der Waals surface area contributed by atoms with Gasteiger partial charge in [0.1, 0.15) is 17.1 Å². The maximum atomic E-state index is 12.3. The summed E-state index contributed by atoms with van der Waals surface area (Å²) in [5.74, 6) is -0.203. The van der Waals surface area contributed by atoms with Crippen molar-refractivity contribution in [1.82, 2.24) is 4.72 Å². The molecule has 28 heavy (non-hydrogen) atoms. The molecule has 1 heterocycles. The molecule has 0 aliphatic heterocycles. The Kier molecular flexibility index (Phi) is 6.63. The number of ether oxygens (including phenoxy) is 1. The summed E-state index contributed by atoms with van der Waals surface area (Å²) in [5.41, 5.74) is 0.649. The monoisotopic (exact) mass is 408 g/mol. The van der Waals surface area contributed by atoms with Gasteiger partial charge in [-0.15, -0.1) is 0 Å². The van der Waals surface area contributed by atoms with E-state index in [-0.39, 0.29) is 16.5 Å². The zero-order valence-corrected chi connectivity index (χ0v) is 17.2. The standard InChI is InChI=1S/C19H24N2O6S/c1-11(2)21-28(24,25)16-8-6-15(7-9-16)20-18(22)14(5)27-19(23)17-10-12(3)26-13(17)4/h6-11,14,21H,1-5H3,(H,20,22)/t14-/m0/s1. The SMILES string of the molecule is Cc1cc(C(=O)O[C@@H](C)C(=O)Nc2ccc(S(=O)(=O)NC(C)C)cc2)c(C)o1. The molecule has 0 saturated heterocycles. The fourth-order valence-electron chi connectivity index (χ4n) is 2.45. The topological polar surface area (TPSA) is 115 Å². The van der Waals surface area contributed by atoms with E-state index >= 15 is 0 Å². The molecule has 1 aromatic heterocycles. The van der Waals surface area contributed by atoms with Crippen LogP contribution < -0.4 is 10.0 Å². The van der Waals surface area contributed by atoms with Gasteiger partial charge in [0.25, 0.3) is 5.91 Å². The van der Waals surface area contributed by atoms with Crippen LogP contribution in [0.2, 0.25) is 0 Å². The Morgan fingerprint density at radius 1 is 1.07 bits per heavy atom. The van der Waals surface area contributed by atoms with Crippen LogP contribution in [0.3, 0.4) is 0 Å². The highest BCUT2D eigenvalue weighted by Crippen LogP contribution is 2.17. The van der Waals surface area contributed by atoms with E-state index in [1.807, 2.05) is 0 Å². The Bertz CT molecular complexity index is 961. The van der Waals surface area contributed by atoms with E-state index in [2.05, 4.69) is 10.0 Å². The number of aryl methyl sites for hydroxylation is 2. The first-order valence-electron chi connectivity index (χ1n) is 8.71. The van der Waals surface area contributed by atoms with Gasteiger partial charge in [0, 0.05) is 11.7 Å². The summed E-state index contributed by atoms with van der Waals surface area (Å²) in [4.78, 5) is 24.5. The molecule has 1 atom stereocenters. The number of anilines is 1. The second-order valence-electron chi connectivity index (χ2n) is 6.66. The van der Waals surface area contributed by atoms with Gasteiger partial charge in [-0.3, -0.25) is 4.79 Å². The maximum absolute atomic E-state index is 12.3. The summed E-state index contributed by atoms with van der Waals surface area (Å²) in [6.07, 6.45) is -1.05. The number of benzene rings is 1. The van der Waals surface area contributed by atoms with Crippen LogP contribution in [0.4, 0.5) is 5.69 Å². The fraction of sp³-hybridized carbons (Fsp3) is 0.368. The molecule has 0 fully saturated rings. The molecule has 0 spiro atoms. The number of esters is 1. The van der Waals surface area contributed by atoms with Crippen molar-refractivity contribution in [3.05, 3.63) is 47.4 Å². The lowest BCUT2D eigenvalue weighted by atomic mass is 10.2. The molecular formula is C19H24N2O6S. The summed E-state index contributed by atoms with van der Waals surface area (Å²) in [6, 6.07) is 7.01. The van der Waals surface area contributed by atoms with Gasteiger partial charge in [-0.2, -0.15) is 0 Å². The third kappa shape index (κ3) is 5.43. The van der Waals surface area contributed by atoms with Gasteiger partial charge in [0.2, 0.25) is 10.0 Å².